The van der Waals surface area contributed by atoms with Gasteiger partial charge >= 0.3 is 0 Å². The van der Waals surface area contributed by atoms with Crippen molar-refractivity contribution in [1.29, 1.82) is 0 Å². The van der Waals surface area contributed by atoms with Gasteiger partial charge in [0.15, 0.2) is 0 Å². The molecule has 0 aliphatic carbocycles. The summed E-state index contributed by atoms with van der Waals surface area (Å²) in [6.07, 6.45) is 2.44. The summed E-state index contributed by atoms with van der Waals surface area (Å²) in [5.41, 5.74) is 3.62. The zero-order valence-corrected chi connectivity index (χ0v) is 20.1. The van der Waals surface area contributed by atoms with Gasteiger partial charge in [0, 0.05) is 25.2 Å². The fourth-order valence-electron chi connectivity index (χ4n) is 4.36. The van der Waals surface area contributed by atoms with E-state index in [2.05, 4.69) is 112 Å². The highest BCUT2D eigenvalue weighted by Crippen LogP contribution is 2.36. The highest BCUT2D eigenvalue weighted by atomic mass is 15.3. The van der Waals surface area contributed by atoms with Crippen LogP contribution < -0.4 is 0 Å². The van der Waals surface area contributed by atoms with Gasteiger partial charge in [-0.3, -0.25) is 9.80 Å². The van der Waals surface area contributed by atoms with Crippen LogP contribution in [0, 0.1) is 10.8 Å². The summed E-state index contributed by atoms with van der Waals surface area (Å²) in [4.78, 5) is 5.51. The molecule has 2 nitrogen and oxygen atoms in total. The van der Waals surface area contributed by atoms with E-state index in [1.54, 1.807) is 0 Å². The maximum absolute atomic E-state index is 2.76. The van der Waals surface area contributed by atoms with E-state index in [4.69, 9.17) is 0 Å². The first-order chi connectivity index (χ1) is 14.1. The number of rotatable bonds is 6. The molecule has 1 aliphatic rings. The summed E-state index contributed by atoms with van der Waals surface area (Å²) >= 11 is 0. The zero-order chi connectivity index (χ0) is 21.8. The fourth-order valence-corrected chi connectivity index (χ4v) is 4.36. The van der Waals surface area contributed by atoms with Crippen molar-refractivity contribution in [3.8, 4) is 0 Å². The van der Waals surface area contributed by atoms with Crippen LogP contribution in [0.5, 0.6) is 0 Å². The number of piperazine rings is 1. The number of hydrogen-bond donors (Lipinski definition) is 0. The topological polar surface area (TPSA) is 6.48 Å². The molecule has 1 heterocycles. The first-order valence-corrected chi connectivity index (χ1v) is 11.7. The van der Waals surface area contributed by atoms with E-state index >= 15 is 0 Å². The fraction of sp³-hybridized carbons (Fsp3) is 0.571. The van der Waals surface area contributed by atoms with E-state index in [0.29, 0.717) is 22.9 Å². The molecule has 0 saturated carbocycles. The molecule has 2 atom stereocenters. The van der Waals surface area contributed by atoms with Crippen molar-refractivity contribution in [2.75, 3.05) is 26.2 Å². The van der Waals surface area contributed by atoms with Gasteiger partial charge in [0.1, 0.15) is 0 Å². The van der Waals surface area contributed by atoms with E-state index in [0.717, 1.165) is 26.2 Å². The van der Waals surface area contributed by atoms with Gasteiger partial charge < -0.3 is 0 Å². The minimum atomic E-state index is 0.354. The molecule has 0 N–H and O–H groups in total. The normalized spacial score (nSPS) is 21.7. The van der Waals surface area contributed by atoms with E-state index < -0.39 is 0 Å². The third kappa shape index (κ3) is 6.68. The molecule has 0 radical (unpaired) electrons. The smallest absolute Gasteiger partial charge is 0.0476 e. The van der Waals surface area contributed by atoms with Gasteiger partial charge in [0.25, 0.3) is 0 Å². The van der Waals surface area contributed by atoms with Crippen LogP contribution in [0.2, 0.25) is 0 Å². The summed E-state index contributed by atoms with van der Waals surface area (Å²) in [6, 6.07) is 23.3. The first kappa shape index (κ1) is 23.0. The van der Waals surface area contributed by atoms with E-state index in [1.807, 2.05) is 0 Å². The third-order valence-corrected chi connectivity index (χ3v) is 6.36. The summed E-state index contributed by atoms with van der Waals surface area (Å²) in [6.45, 7) is 18.7. The van der Waals surface area contributed by atoms with Crippen LogP contribution in [0.25, 0.3) is 0 Å². The number of nitrogens with zero attached hydrogens (tertiary/aromatic N) is 2. The molecule has 1 fully saturated rings. The lowest BCUT2D eigenvalue weighted by atomic mass is 9.88. The quantitative estimate of drug-likeness (QED) is 0.511. The van der Waals surface area contributed by atoms with Gasteiger partial charge in [0.2, 0.25) is 0 Å². The van der Waals surface area contributed by atoms with Crippen molar-refractivity contribution in [1.82, 2.24) is 9.80 Å². The first-order valence-electron chi connectivity index (χ1n) is 11.7. The highest BCUT2D eigenvalue weighted by Gasteiger charge is 2.35. The third-order valence-electron chi connectivity index (χ3n) is 6.36. The van der Waals surface area contributed by atoms with Gasteiger partial charge in [-0.2, -0.15) is 0 Å². The molecule has 0 spiro atoms. The maximum atomic E-state index is 2.76. The lowest BCUT2D eigenvalue weighted by Crippen LogP contribution is -2.51. The molecular formula is C28H42N2. The highest BCUT2D eigenvalue weighted by molar-refractivity contribution is 5.24. The predicted molar refractivity (Wildman–Crippen MR) is 130 cm³/mol. The lowest BCUT2D eigenvalue weighted by molar-refractivity contribution is 0.0150. The molecule has 2 aromatic rings. The average molecular weight is 407 g/mol. The molecule has 0 bridgehead atoms. The van der Waals surface area contributed by atoms with Crippen molar-refractivity contribution in [3.05, 3.63) is 71.8 Å². The van der Waals surface area contributed by atoms with Crippen LogP contribution in [0.4, 0.5) is 0 Å². The number of hydrogen-bond acceptors (Lipinski definition) is 2. The summed E-state index contributed by atoms with van der Waals surface area (Å²) in [5, 5.41) is 0. The maximum Gasteiger partial charge on any atom is 0.0476 e. The molecule has 2 heteroatoms. The van der Waals surface area contributed by atoms with Gasteiger partial charge in [-0.25, -0.2) is 0 Å². The second-order valence-electron chi connectivity index (χ2n) is 11.5. The average Bonchev–Trinajstić information content (AvgIpc) is 2.70. The Labute approximate surface area is 185 Å². The Hall–Kier alpha value is -1.64. The summed E-state index contributed by atoms with van der Waals surface area (Å²) in [5.74, 6) is 0. The van der Waals surface area contributed by atoms with Crippen LogP contribution in [0.15, 0.2) is 60.7 Å². The number of benzene rings is 2. The van der Waals surface area contributed by atoms with Crippen LogP contribution in [-0.4, -0.2) is 36.0 Å². The molecule has 3 rings (SSSR count). The van der Waals surface area contributed by atoms with Gasteiger partial charge in [-0.1, -0.05) is 102 Å². The van der Waals surface area contributed by atoms with Crippen molar-refractivity contribution in [3.63, 3.8) is 0 Å². The van der Waals surface area contributed by atoms with Crippen molar-refractivity contribution in [2.24, 2.45) is 10.8 Å². The van der Waals surface area contributed by atoms with Crippen LogP contribution in [0.3, 0.4) is 0 Å². The second-order valence-corrected chi connectivity index (χ2v) is 11.5. The molecule has 0 aromatic heterocycles. The Bertz CT molecular complexity index is 687. The largest absolute Gasteiger partial charge is 0.293 e. The summed E-state index contributed by atoms with van der Waals surface area (Å²) in [7, 11) is 0. The monoisotopic (exact) mass is 406 g/mol. The Balaban J connectivity index is 1.89. The lowest BCUT2D eigenvalue weighted by Gasteiger charge is -2.48. The summed E-state index contributed by atoms with van der Waals surface area (Å²) < 4.78 is 0. The Morgan fingerprint density at radius 2 is 0.933 bits per heavy atom. The van der Waals surface area contributed by atoms with Crippen LogP contribution >= 0.6 is 0 Å². The van der Waals surface area contributed by atoms with Crippen molar-refractivity contribution in [2.45, 2.75) is 66.5 Å². The van der Waals surface area contributed by atoms with Crippen LogP contribution in [0.1, 0.15) is 77.6 Å². The van der Waals surface area contributed by atoms with E-state index in [1.165, 1.54) is 24.0 Å². The molecule has 30 heavy (non-hydrogen) atoms. The molecule has 0 amide bonds. The van der Waals surface area contributed by atoms with Gasteiger partial charge in [-0.05, 0) is 47.9 Å². The Kier molecular flexibility index (Phi) is 7.42. The SMILES string of the molecule is CC(C)(C)CCN1C[C@@H](c2ccccc2)N(CCC(C)(C)C)C[C@H]1c1ccccc1. The van der Waals surface area contributed by atoms with Crippen molar-refractivity contribution >= 4 is 0 Å². The minimum absolute atomic E-state index is 0.354. The molecule has 1 aliphatic heterocycles. The Morgan fingerprint density at radius 1 is 0.600 bits per heavy atom. The van der Waals surface area contributed by atoms with Crippen molar-refractivity contribution < 1.29 is 0 Å². The van der Waals surface area contributed by atoms with Gasteiger partial charge in [-0.15, -0.1) is 0 Å². The van der Waals surface area contributed by atoms with Crippen LogP contribution in [-0.2, 0) is 0 Å². The second kappa shape index (κ2) is 9.66. The predicted octanol–water partition coefficient (Wildman–Crippen LogP) is 6.96. The van der Waals surface area contributed by atoms with Gasteiger partial charge in [0.05, 0.1) is 0 Å². The molecule has 0 unspecified atom stereocenters. The zero-order valence-electron chi connectivity index (χ0n) is 20.1. The minimum Gasteiger partial charge on any atom is -0.293 e. The molecule has 1 saturated heterocycles. The molecule has 164 valence electrons. The molecular weight excluding hydrogens is 364 g/mol. The van der Waals surface area contributed by atoms with E-state index in [9.17, 15) is 0 Å². The van der Waals surface area contributed by atoms with E-state index in [-0.39, 0.29) is 0 Å². The standard InChI is InChI=1S/C28H42N2/c1-27(2,3)17-19-29-21-26(24-15-11-8-12-16-24)30(20-18-28(4,5)6)22-25(29)23-13-9-7-10-14-23/h7-16,25-26H,17-22H2,1-6H3/t25-,26-/m0/s1. The molecule has 2 aromatic carbocycles. The Morgan fingerprint density at radius 3 is 1.23 bits per heavy atom.